The van der Waals surface area contributed by atoms with Crippen molar-refractivity contribution in [3.63, 3.8) is 0 Å². The molecule has 0 saturated heterocycles. The molecule has 0 radical (unpaired) electrons. The molecule has 0 aromatic heterocycles. The van der Waals surface area contributed by atoms with E-state index in [4.69, 9.17) is 5.73 Å². The number of nitrogens with one attached hydrogen (secondary N) is 1. The zero-order valence-electron chi connectivity index (χ0n) is 8.19. The minimum absolute atomic E-state index is 0.0258. The number of nitrogens with two attached hydrogens (primary N) is 1. The molecule has 3 heteroatoms. The smallest absolute Gasteiger partial charge is 0.0722 e. The van der Waals surface area contributed by atoms with Gasteiger partial charge in [-0.1, -0.05) is 6.07 Å². The van der Waals surface area contributed by atoms with Crippen molar-refractivity contribution < 1.29 is 0 Å². The molecule has 0 fully saturated rings. The minimum atomic E-state index is 0.0258. The number of anilines is 2. The maximum Gasteiger partial charge on any atom is 0.0722 e. The van der Waals surface area contributed by atoms with E-state index in [0.717, 1.165) is 15.8 Å². The molecule has 72 valence electrons. The van der Waals surface area contributed by atoms with Crippen LogP contribution >= 0.6 is 15.9 Å². The quantitative estimate of drug-likeness (QED) is 0.743. The van der Waals surface area contributed by atoms with E-state index < -0.39 is 0 Å². The predicted molar refractivity (Wildman–Crippen MR) is 61.9 cm³/mol. The number of para-hydroxylation sites is 1. The first kappa shape index (κ1) is 10.4. The van der Waals surface area contributed by atoms with E-state index in [1.807, 2.05) is 18.2 Å². The Hall–Kier alpha value is -0.700. The number of nitrogen functional groups attached to an aromatic ring is 1. The third kappa shape index (κ3) is 2.92. The van der Waals surface area contributed by atoms with Gasteiger partial charge < -0.3 is 11.1 Å². The lowest BCUT2D eigenvalue weighted by molar-refractivity contribution is 0.634. The Bertz CT molecular complexity index is 282. The van der Waals surface area contributed by atoms with Crippen molar-refractivity contribution in [1.29, 1.82) is 0 Å². The van der Waals surface area contributed by atoms with Crippen LogP contribution in [0.5, 0.6) is 0 Å². The second kappa shape index (κ2) is 3.58. The lowest BCUT2D eigenvalue weighted by Crippen LogP contribution is -2.26. The molecular weight excluding hydrogens is 228 g/mol. The topological polar surface area (TPSA) is 38.0 Å². The van der Waals surface area contributed by atoms with Gasteiger partial charge >= 0.3 is 0 Å². The Morgan fingerprint density at radius 2 is 1.92 bits per heavy atom. The normalized spacial score (nSPS) is 11.4. The monoisotopic (exact) mass is 242 g/mol. The summed E-state index contributed by atoms with van der Waals surface area (Å²) in [6.07, 6.45) is 0. The Morgan fingerprint density at radius 3 is 2.38 bits per heavy atom. The van der Waals surface area contributed by atoms with Crippen LogP contribution in [0.25, 0.3) is 0 Å². The molecule has 0 aliphatic carbocycles. The molecule has 0 spiro atoms. The second-order valence-electron chi connectivity index (χ2n) is 4.08. The minimum Gasteiger partial charge on any atom is -0.397 e. The van der Waals surface area contributed by atoms with Gasteiger partial charge in [0.2, 0.25) is 0 Å². The third-order valence-corrected chi connectivity index (χ3v) is 2.21. The summed E-state index contributed by atoms with van der Waals surface area (Å²) in [4.78, 5) is 0. The summed E-state index contributed by atoms with van der Waals surface area (Å²) in [6, 6.07) is 5.79. The van der Waals surface area contributed by atoms with Crippen molar-refractivity contribution in [2.75, 3.05) is 11.1 Å². The van der Waals surface area contributed by atoms with E-state index >= 15 is 0 Å². The van der Waals surface area contributed by atoms with Gasteiger partial charge in [0.1, 0.15) is 0 Å². The van der Waals surface area contributed by atoms with Gasteiger partial charge in [0.15, 0.2) is 0 Å². The average Bonchev–Trinajstić information content (AvgIpc) is 1.95. The van der Waals surface area contributed by atoms with Gasteiger partial charge in [0.25, 0.3) is 0 Å². The third-order valence-electron chi connectivity index (χ3n) is 1.55. The van der Waals surface area contributed by atoms with Crippen molar-refractivity contribution in [2.45, 2.75) is 26.3 Å². The summed E-state index contributed by atoms with van der Waals surface area (Å²) in [6.45, 7) is 6.31. The number of benzene rings is 1. The predicted octanol–water partition coefficient (Wildman–Crippen LogP) is 3.24. The van der Waals surface area contributed by atoms with Crippen molar-refractivity contribution in [2.24, 2.45) is 0 Å². The maximum atomic E-state index is 5.84. The Balaban J connectivity index is 3.00. The fourth-order valence-electron chi connectivity index (χ4n) is 1.05. The molecule has 1 aromatic carbocycles. The molecule has 0 bridgehead atoms. The van der Waals surface area contributed by atoms with E-state index in [-0.39, 0.29) is 5.54 Å². The molecular formula is C10H15BrN2. The summed E-state index contributed by atoms with van der Waals surface area (Å²) in [5.74, 6) is 0. The van der Waals surface area contributed by atoms with Crippen LogP contribution in [0, 0.1) is 0 Å². The molecule has 0 unspecified atom stereocenters. The number of rotatable bonds is 1. The first-order valence-corrected chi connectivity index (χ1v) is 5.01. The van der Waals surface area contributed by atoms with Crippen LogP contribution in [0.4, 0.5) is 11.4 Å². The largest absolute Gasteiger partial charge is 0.397 e. The van der Waals surface area contributed by atoms with Gasteiger partial charge in [-0.3, -0.25) is 0 Å². The van der Waals surface area contributed by atoms with Crippen molar-refractivity contribution in [1.82, 2.24) is 0 Å². The number of hydrogen-bond acceptors (Lipinski definition) is 2. The molecule has 2 nitrogen and oxygen atoms in total. The van der Waals surface area contributed by atoms with Crippen molar-refractivity contribution >= 4 is 27.3 Å². The Labute approximate surface area is 87.6 Å². The first-order chi connectivity index (χ1) is 5.90. The van der Waals surface area contributed by atoms with Crippen LogP contribution < -0.4 is 11.1 Å². The summed E-state index contributed by atoms with van der Waals surface area (Å²) >= 11 is 3.46. The fourth-order valence-corrected chi connectivity index (χ4v) is 1.53. The Kier molecular flexibility index (Phi) is 2.86. The highest BCUT2D eigenvalue weighted by Gasteiger charge is 2.12. The summed E-state index contributed by atoms with van der Waals surface area (Å²) in [5.41, 5.74) is 7.60. The first-order valence-electron chi connectivity index (χ1n) is 4.22. The van der Waals surface area contributed by atoms with E-state index in [1.54, 1.807) is 0 Å². The van der Waals surface area contributed by atoms with Gasteiger partial charge in [-0.2, -0.15) is 0 Å². The van der Waals surface area contributed by atoms with Gasteiger partial charge in [0.05, 0.1) is 11.4 Å². The zero-order valence-corrected chi connectivity index (χ0v) is 9.77. The van der Waals surface area contributed by atoms with Crippen LogP contribution in [-0.4, -0.2) is 5.54 Å². The van der Waals surface area contributed by atoms with E-state index in [1.165, 1.54) is 0 Å². The molecule has 3 N–H and O–H groups in total. The molecule has 0 aliphatic heterocycles. The highest BCUT2D eigenvalue weighted by atomic mass is 79.9. The van der Waals surface area contributed by atoms with Gasteiger partial charge in [-0.05, 0) is 48.8 Å². The van der Waals surface area contributed by atoms with Crippen molar-refractivity contribution in [3.8, 4) is 0 Å². The van der Waals surface area contributed by atoms with E-state index in [0.29, 0.717) is 0 Å². The summed E-state index contributed by atoms with van der Waals surface area (Å²) < 4.78 is 1.00. The molecule has 0 saturated carbocycles. The van der Waals surface area contributed by atoms with Crippen LogP contribution in [0.1, 0.15) is 20.8 Å². The summed E-state index contributed by atoms with van der Waals surface area (Å²) in [7, 11) is 0. The van der Waals surface area contributed by atoms with E-state index in [2.05, 4.69) is 42.0 Å². The highest BCUT2D eigenvalue weighted by Crippen LogP contribution is 2.30. The van der Waals surface area contributed by atoms with Crippen LogP contribution in [-0.2, 0) is 0 Å². The SMILES string of the molecule is CC(C)(C)Nc1c(N)cccc1Br. The Morgan fingerprint density at radius 1 is 1.31 bits per heavy atom. The maximum absolute atomic E-state index is 5.84. The molecule has 1 rings (SSSR count). The molecule has 0 atom stereocenters. The van der Waals surface area contributed by atoms with Crippen LogP contribution in [0.2, 0.25) is 0 Å². The lowest BCUT2D eigenvalue weighted by atomic mass is 10.1. The average molecular weight is 243 g/mol. The molecule has 0 aliphatic rings. The standard InChI is InChI=1S/C10H15BrN2/c1-10(2,3)13-9-7(11)5-4-6-8(9)12/h4-6,13H,12H2,1-3H3. The number of hydrogen-bond donors (Lipinski definition) is 2. The van der Waals surface area contributed by atoms with E-state index in [9.17, 15) is 0 Å². The molecule has 0 amide bonds. The highest BCUT2D eigenvalue weighted by molar-refractivity contribution is 9.10. The van der Waals surface area contributed by atoms with Gasteiger partial charge in [-0.25, -0.2) is 0 Å². The summed E-state index contributed by atoms with van der Waals surface area (Å²) in [5, 5.41) is 3.35. The number of halogens is 1. The molecule has 1 aromatic rings. The second-order valence-corrected chi connectivity index (χ2v) is 4.93. The lowest BCUT2D eigenvalue weighted by Gasteiger charge is -2.24. The zero-order chi connectivity index (χ0) is 10.1. The van der Waals surface area contributed by atoms with Crippen molar-refractivity contribution in [3.05, 3.63) is 22.7 Å². The molecule has 13 heavy (non-hydrogen) atoms. The van der Waals surface area contributed by atoms with Crippen LogP contribution in [0.3, 0.4) is 0 Å². The molecule has 0 heterocycles. The van der Waals surface area contributed by atoms with Gasteiger partial charge in [-0.15, -0.1) is 0 Å². The van der Waals surface area contributed by atoms with Gasteiger partial charge in [0, 0.05) is 10.0 Å². The van der Waals surface area contributed by atoms with Crippen LogP contribution in [0.15, 0.2) is 22.7 Å². The fraction of sp³-hybridized carbons (Fsp3) is 0.400.